The van der Waals surface area contributed by atoms with Gasteiger partial charge in [0.2, 0.25) is 0 Å². The van der Waals surface area contributed by atoms with Gasteiger partial charge >= 0.3 is 0 Å². The fraction of sp³-hybridized carbons (Fsp3) is 0.267. The molecule has 0 radical (unpaired) electrons. The maximum absolute atomic E-state index is 13.7. The first-order valence-corrected chi connectivity index (χ1v) is 6.42. The minimum absolute atomic E-state index is 0.00644. The maximum atomic E-state index is 13.7. The lowest BCUT2D eigenvalue weighted by Gasteiger charge is -2.11. The molecule has 0 saturated heterocycles. The fourth-order valence-corrected chi connectivity index (χ4v) is 1.82. The number of benzene rings is 1. The molecule has 1 heterocycles. The number of halogens is 2. The number of hydrogen-bond acceptors (Lipinski definition) is 3. The number of hydrogen-bond donors (Lipinski definition) is 2. The van der Waals surface area contributed by atoms with E-state index in [0.717, 1.165) is 6.07 Å². The largest absolute Gasteiger partial charge is 0.371 e. The summed E-state index contributed by atoms with van der Waals surface area (Å²) < 4.78 is 27.0. The molecule has 0 saturated carbocycles. The zero-order chi connectivity index (χ0) is 14.7. The van der Waals surface area contributed by atoms with E-state index in [1.54, 1.807) is 0 Å². The van der Waals surface area contributed by atoms with Gasteiger partial charge in [0.15, 0.2) is 23.3 Å². The number of nitrogens with zero attached hydrogens (tertiary/aromatic N) is 1. The molecule has 0 fully saturated rings. The van der Waals surface area contributed by atoms with Crippen LogP contribution in [0.1, 0.15) is 25.3 Å². The Bertz CT molecular complexity index is 595. The lowest BCUT2D eigenvalue weighted by molar-refractivity contribution is 0.580. The standard InChI is InChI=1S/C15H17F2N3/c1-9(2)10-4-6-11(7-5-10)19-15-13(17)8-12(16)14(18-3)20-15/h4-9H,1-3H3,(H2,18,19,20). The van der Waals surface area contributed by atoms with Crippen LogP contribution in [0.25, 0.3) is 0 Å². The van der Waals surface area contributed by atoms with Crippen molar-refractivity contribution in [3.63, 3.8) is 0 Å². The predicted molar refractivity (Wildman–Crippen MR) is 77.5 cm³/mol. The highest BCUT2D eigenvalue weighted by molar-refractivity contribution is 5.59. The van der Waals surface area contributed by atoms with Gasteiger partial charge in [-0.3, -0.25) is 0 Å². The fourth-order valence-electron chi connectivity index (χ4n) is 1.82. The van der Waals surface area contributed by atoms with Crippen molar-refractivity contribution in [2.24, 2.45) is 0 Å². The lowest BCUT2D eigenvalue weighted by Crippen LogP contribution is -2.03. The van der Waals surface area contributed by atoms with Crippen molar-refractivity contribution in [2.45, 2.75) is 19.8 Å². The van der Waals surface area contributed by atoms with Crippen molar-refractivity contribution in [3.05, 3.63) is 47.5 Å². The molecule has 0 bridgehead atoms. The molecule has 1 aromatic heterocycles. The quantitative estimate of drug-likeness (QED) is 0.876. The lowest BCUT2D eigenvalue weighted by atomic mass is 10.0. The summed E-state index contributed by atoms with van der Waals surface area (Å²) in [5.41, 5.74) is 1.90. The molecule has 0 amide bonds. The highest BCUT2D eigenvalue weighted by Crippen LogP contribution is 2.23. The summed E-state index contributed by atoms with van der Waals surface area (Å²) in [5, 5.41) is 5.43. The van der Waals surface area contributed by atoms with E-state index in [1.807, 2.05) is 24.3 Å². The Labute approximate surface area is 117 Å². The van der Waals surface area contributed by atoms with E-state index in [2.05, 4.69) is 29.5 Å². The zero-order valence-electron chi connectivity index (χ0n) is 11.7. The van der Waals surface area contributed by atoms with E-state index in [1.165, 1.54) is 12.6 Å². The van der Waals surface area contributed by atoms with Gasteiger partial charge in [-0.2, -0.15) is 0 Å². The average Bonchev–Trinajstić information content (AvgIpc) is 2.42. The molecule has 0 spiro atoms. The summed E-state index contributed by atoms with van der Waals surface area (Å²) in [6.45, 7) is 4.20. The van der Waals surface area contributed by atoms with Crippen LogP contribution in [0, 0.1) is 11.6 Å². The Balaban J connectivity index is 2.25. The molecule has 1 aromatic carbocycles. The van der Waals surface area contributed by atoms with Crippen LogP contribution in [0.2, 0.25) is 0 Å². The third-order valence-corrected chi connectivity index (χ3v) is 3.01. The number of anilines is 3. The topological polar surface area (TPSA) is 37.0 Å². The highest BCUT2D eigenvalue weighted by Gasteiger charge is 2.11. The maximum Gasteiger partial charge on any atom is 0.169 e. The predicted octanol–water partition coefficient (Wildman–Crippen LogP) is 4.27. The smallest absolute Gasteiger partial charge is 0.169 e. The Morgan fingerprint density at radius 3 is 2.15 bits per heavy atom. The molecule has 2 N–H and O–H groups in total. The second-order valence-corrected chi connectivity index (χ2v) is 4.80. The van der Waals surface area contributed by atoms with Crippen LogP contribution in [0.3, 0.4) is 0 Å². The normalized spacial score (nSPS) is 10.7. The number of pyridine rings is 1. The van der Waals surface area contributed by atoms with E-state index < -0.39 is 11.6 Å². The summed E-state index contributed by atoms with van der Waals surface area (Å²) in [7, 11) is 1.53. The molecule has 0 atom stereocenters. The van der Waals surface area contributed by atoms with Gasteiger partial charge in [0.25, 0.3) is 0 Å². The summed E-state index contributed by atoms with van der Waals surface area (Å²) in [4.78, 5) is 3.87. The SMILES string of the molecule is CNc1nc(Nc2ccc(C(C)C)cc2)c(F)cc1F. The van der Waals surface area contributed by atoms with E-state index in [-0.39, 0.29) is 11.6 Å². The van der Waals surface area contributed by atoms with Gasteiger partial charge in [-0.1, -0.05) is 26.0 Å². The third-order valence-electron chi connectivity index (χ3n) is 3.01. The molecule has 5 heteroatoms. The summed E-state index contributed by atoms with van der Waals surface area (Å²) in [6, 6.07) is 8.43. The molecule has 0 aliphatic rings. The van der Waals surface area contributed by atoms with Crippen LogP contribution in [-0.2, 0) is 0 Å². The van der Waals surface area contributed by atoms with Crippen LogP contribution in [-0.4, -0.2) is 12.0 Å². The Hall–Kier alpha value is -2.17. The van der Waals surface area contributed by atoms with Crippen molar-refractivity contribution in [2.75, 3.05) is 17.7 Å². The van der Waals surface area contributed by atoms with Crippen LogP contribution in [0.15, 0.2) is 30.3 Å². The summed E-state index contributed by atoms with van der Waals surface area (Å²) in [5.74, 6) is -1.01. The van der Waals surface area contributed by atoms with Gasteiger partial charge in [-0.25, -0.2) is 13.8 Å². The molecule has 2 rings (SSSR count). The van der Waals surface area contributed by atoms with E-state index in [4.69, 9.17) is 0 Å². The van der Waals surface area contributed by atoms with E-state index in [0.29, 0.717) is 11.6 Å². The third kappa shape index (κ3) is 3.04. The monoisotopic (exact) mass is 277 g/mol. The summed E-state index contributed by atoms with van der Waals surface area (Å²) in [6.07, 6.45) is 0. The Kier molecular flexibility index (Phi) is 4.17. The molecular formula is C15H17F2N3. The van der Waals surface area contributed by atoms with Crippen molar-refractivity contribution >= 4 is 17.3 Å². The second-order valence-electron chi connectivity index (χ2n) is 4.80. The first-order chi connectivity index (χ1) is 9.51. The zero-order valence-corrected chi connectivity index (χ0v) is 11.7. The number of rotatable bonds is 4. The average molecular weight is 277 g/mol. The van der Waals surface area contributed by atoms with E-state index >= 15 is 0 Å². The van der Waals surface area contributed by atoms with Crippen LogP contribution >= 0.6 is 0 Å². The Morgan fingerprint density at radius 1 is 1.00 bits per heavy atom. The van der Waals surface area contributed by atoms with Crippen LogP contribution in [0.4, 0.5) is 26.1 Å². The van der Waals surface area contributed by atoms with Gasteiger partial charge in [0.1, 0.15) is 0 Å². The van der Waals surface area contributed by atoms with Gasteiger partial charge in [0.05, 0.1) is 0 Å². The Morgan fingerprint density at radius 2 is 1.60 bits per heavy atom. The summed E-state index contributed by atoms with van der Waals surface area (Å²) >= 11 is 0. The highest BCUT2D eigenvalue weighted by atomic mass is 19.1. The minimum Gasteiger partial charge on any atom is -0.371 e. The molecule has 20 heavy (non-hydrogen) atoms. The molecule has 106 valence electrons. The van der Waals surface area contributed by atoms with Crippen LogP contribution < -0.4 is 10.6 Å². The molecule has 0 aliphatic carbocycles. The van der Waals surface area contributed by atoms with Gasteiger partial charge in [-0.15, -0.1) is 0 Å². The van der Waals surface area contributed by atoms with Crippen LogP contribution in [0.5, 0.6) is 0 Å². The van der Waals surface area contributed by atoms with Crippen molar-refractivity contribution in [1.82, 2.24) is 4.98 Å². The van der Waals surface area contributed by atoms with Gasteiger partial charge in [-0.05, 0) is 23.6 Å². The van der Waals surface area contributed by atoms with Crippen molar-refractivity contribution in [3.8, 4) is 0 Å². The number of nitrogens with one attached hydrogen (secondary N) is 2. The van der Waals surface area contributed by atoms with E-state index in [9.17, 15) is 8.78 Å². The molecule has 2 aromatic rings. The molecule has 0 unspecified atom stereocenters. The molecule has 0 aliphatic heterocycles. The first kappa shape index (κ1) is 14.2. The molecule has 3 nitrogen and oxygen atoms in total. The van der Waals surface area contributed by atoms with Crippen molar-refractivity contribution < 1.29 is 8.78 Å². The second kappa shape index (κ2) is 5.86. The number of aromatic nitrogens is 1. The first-order valence-electron chi connectivity index (χ1n) is 6.42. The van der Waals surface area contributed by atoms with Crippen molar-refractivity contribution in [1.29, 1.82) is 0 Å². The minimum atomic E-state index is -0.727. The van der Waals surface area contributed by atoms with Gasteiger partial charge < -0.3 is 10.6 Å². The molecular weight excluding hydrogens is 260 g/mol. The van der Waals surface area contributed by atoms with Gasteiger partial charge in [0, 0.05) is 18.8 Å².